The van der Waals surface area contributed by atoms with Gasteiger partial charge in [0.15, 0.2) is 17.3 Å². The molecule has 0 spiro atoms. The Morgan fingerprint density at radius 3 is 2.24 bits per heavy atom. The number of ketones is 1. The summed E-state index contributed by atoms with van der Waals surface area (Å²) in [4.78, 5) is 13.5. The number of allylic oxidation sites excluding steroid dienone is 2. The third kappa shape index (κ3) is 4.07. The van der Waals surface area contributed by atoms with Gasteiger partial charge in [0.25, 0.3) is 0 Å². The number of hydrogen-bond donors (Lipinski definition) is 1. The number of fused-ring (bicyclic) bond motifs is 1. The van der Waals surface area contributed by atoms with Gasteiger partial charge in [0.2, 0.25) is 5.75 Å². The van der Waals surface area contributed by atoms with E-state index in [9.17, 15) is 9.90 Å². The van der Waals surface area contributed by atoms with Gasteiger partial charge in [-0.3, -0.25) is 4.79 Å². The smallest absolute Gasteiger partial charge is 0.203 e. The molecule has 1 atom stereocenters. The van der Waals surface area contributed by atoms with Crippen LogP contribution in [0.5, 0.6) is 23.0 Å². The van der Waals surface area contributed by atoms with Crippen LogP contribution in [0.15, 0.2) is 36.4 Å². The van der Waals surface area contributed by atoms with Crippen molar-refractivity contribution in [3.63, 3.8) is 0 Å². The molecule has 1 aliphatic carbocycles. The van der Waals surface area contributed by atoms with E-state index in [0.717, 1.165) is 6.42 Å². The average molecular weight is 398 g/mol. The van der Waals surface area contributed by atoms with E-state index in [0.29, 0.717) is 58.1 Å². The van der Waals surface area contributed by atoms with Crippen LogP contribution in [0, 0.1) is 0 Å². The normalized spacial score (nSPS) is 17.8. The van der Waals surface area contributed by atoms with E-state index >= 15 is 0 Å². The molecule has 0 heterocycles. The molecule has 0 bridgehead atoms. The zero-order valence-corrected chi connectivity index (χ0v) is 17.2. The molecule has 0 radical (unpaired) electrons. The molecule has 154 valence electrons. The van der Waals surface area contributed by atoms with Gasteiger partial charge in [-0.1, -0.05) is 12.1 Å². The molecule has 1 aliphatic rings. The number of rotatable bonds is 6. The van der Waals surface area contributed by atoms with Crippen LogP contribution in [0.4, 0.5) is 0 Å². The van der Waals surface area contributed by atoms with Crippen LogP contribution in [0.3, 0.4) is 0 Å². The lowest BCUT2D eigenvalue weighted by atomic mass is 9.86. The summed E-state index contributed by atoms with van der Waals surface area (Å²) in [6.45, 7) is 0. The minimum absolute atomic E-state index is 0.176. The van der Waals surface area contributed by atoms with Crippen LogP contribution in [0.2, 0.25) is 0 Å². The van der Waals surface area contributed by atoms with Crippen LogP contribution in [-0.4, -0.2) is 39.3 Å². The van der Waals surface area contributed by atoms with E-state index in [1.165, 1.54) is 21.3 Å². The first-order chi connectivity index (χ1) is 14.0. The number of hydrogen-bond acceptors (Lipinski definition) is 6. The Labute approximate surface area is 170 Å². The summed E-state index contributed by atoms with van der Waals surface area (Å²) in [7, 11) is 6.12. The number of ether oxygens (including phenoxy) is 4. The van der Waals surface area contributed by atoms with E-state index in [1.54, 1.807) is 31.4 Å². The number of Topliss-reactive ketones (excluding diaryl/α,β-unsaturated/α-hetero) is 1. The van der Waals surface area contributed by atoms with Crippen molar-refractivity contribution in [2.45, 2.75) is 25.4 Å². The van der Waals surface area contributed by atoms with Crippen molar-refractivity contribution in [2.75, 3.05) is 28.4 Å². The summed E-state index contributed by atoms with van der Waals surface area (Å²) in [5.41, 5.74) is 2.35. The third-order valence-corrected chi connectivity index (χ3v) is 5.11. The summed E-state index contributed by atoms with van der Waals surface area (Å²) >= 11 is 0. The van der Waals surface area contributed by atoms with E-state index < -0.39 is 6.10 Å². The van der Waals surface area contributed by atoms with Gasteiger partial charge < -0.3 is 24.1 Å². The molecule has 0 aliphatic heterocycles. The number of benzene rings is 2. The molecule has 0 saturated carbocycles. The Kier molecular flexibility index (Phi) is 6.44. The lowest BCUT2D eigenvalue weighted by molar-refractivity contribution is 0.105. The van der Waals surface area contributed by atoms with Gasteiger partial charge in [-0.15, -0.1) is 0 Å². The molecule has 6 nitrogen and oxygen atoms in total. The molecule has 29 heavy (non-hydrogen) atoms. The van der Waals surface area contributed by atoms with Gasteiger partial charge in [-0.25, -0.2) is 0 Å². The maximum absolute atomic E-state index is 13.5. The Morgan fingerprint density at radius 2 is 1.66 bits per heavy atom. The monoisotopic (exact) mass is 398 g/mol. The van der Waals surface area contributed by atoms with E-state index in [1.807, 2.05) is 12.1 Å². The fourth-order valence-electron chi connectivity index (χ4n) is 3.59. The second-order valence-electron chi connectivity index (χ2n) is 6.76. The fraction of sp³-hybridized carbons (Fsp3) is 0.348. The molecule has 0 saturated heterocycles. The van der Waals surface area contributed by atoms with Crippen LogP contribution in [-0.2, 0) is 0 Å². The Hall–Kier alpha value is -2.99. The van der Waals surface area contributed by atoms with Crippen LogP contribution in [0.25, 0.3) is 5.57 Å². The zero-order valence-electron chi connectivity index (χ0n) is 17.2. The average Bonchev–Trinajstić information content (AvgIpc) is 2.75. The number of methoxy groups -OCH3 is 4. The molecule has 2 aromatic rings. The second kappa shape index (κ2) is 9.01. The van der Waals surface area contributed by atoms with Gasteiger partial charge in [-0.05, 0) is 54.7 Å². The third-order valence-electron chi connectivity index (χ3n) is 5.11. The minimum atomic E-state index is -0.656. The Morgan fingerprint density at radius 1 is 0.966 bits per heavy atom. The number of aliphatic hydroxyl groups is 1. The molecular formula is C23H26O6. The van der Waals surface area contributed by atoms with E-state index in [4.69, 9.17) is 18.9 Å². The molecule has 0 aromatic heterocycles. The van der Waals surface area contributed by atoms with Crippen LogP contribution < -0.4 is 18.9 Å². The SMILES string of the molecule is COc1ccc2c(c1)C(O)CCC/C=C\2C(=O)c1cc(OC)c(OC)c(OC)c1. The number of aliphatic hydroxyl groups excluding tert-OH is 1. The second-order valence-corrected chi connectivity index (χ2v) is 6.76. The first-order valence-corrected chi connectivity index (χ1v) is 9.45. The van der Waals surface area contributed by atoms with Crippen molar-refractivity contribution in [2.24, 2.45) is 0 Å². The van der Waals surface area contributed by atoms with Crippen molar-refractivity contribution < 1.29 is 28.8 Å². The number of carbonyl (C=O) groups is 1. The van der Waals surface area contributed by atoms with Crippen LogP contribution >= 0.6 is 0 Å². The van der Waals surface area contributed by atoms with Gasteiger partial charge in [-0.2, -0.15) is 0 Å². The molecule has 1 N–H and O–H groups in total. The Balaban J connectivity index is 2.12. The maximum atomic E-state index is 13.5. The van der Waals surface area contributed by atoms with Crippen molar-refractivity contribution in [3.8, 4) is 23.0 Å². The highest BCUT2D eigenvalue weighted by molar-refractivity contribution is 6.29. The molecular weight excluding hydrogens is 372 g/mol. The molecule has 1 unspecified atom stereocenters. The standard InChI is InChI=1S/C23H26O6/c1-26-15-9-10-16-17(7-5-6-8-19(24)18(16)13-15)22(25)14-11-20(27-2)23(29-4)21(12-14)28-3/h7,9-13,19,24H,5-6,8H2,1-4H3/b17-7+. The molecule has 6 heteroatoms. The molecule has 2 aromatic carbocycles. The van der Waals surface area contributed by atoms with Crippen LogP contribution in [0.1, 0.15) is 46.9 Å². The predicted molar refractivity (Wildman–Crippen MR) is 110 cm³/mol. The first-order valence-electron chi connectivity index (χ1n) is 9.45. The quantitative estimate of drug-likeness (QED) is 0.735. The van der Waals surface area contributed by atoms with Gasteiger partial charge in [0, 0.05) is 11.1 Å². The van der Waals surface area contributed by atoms with Crippen molar-refractivity contribution in [1.82, 2.24) is 0 Å². The Bertz CT molecular complexity index is 906. The van der Waals surface area contributed by atoms with Gasteiger partial charge in [0.1, 0.15) is 5.75 Å². The summed E-state index contributed by atoms with van der Waals surface area (Å²) in [5.74, 6) is 1.72. The van der Waals surface area contributed by atoms with E-state index in [2.05, 4.69) is 0 Å². The highest BCUT2D eigenvalue weighted by Gasteiger charge is 2.25. The lowest BCUT2D eigenvalue weighted by Crippen LogP contribution is -2.11. The maximum Gasteiger partial charge on any atom is 0.203 e. The zero-order chi connectivity index (χ0) is 21.0. The lowest BCUT2D eigenvalue weighted by Gasteiger charge is -2.21. The predicted octanol–water partition coefficient (Wildman–Crippen LogP) is 4.20. The van der Waals surface area contributed by atoms with Gasteiger partial charge >= 0.3 is 0 Å². The molecule has 0 fully saturated rings. The molecule has 3 rings (SSSR count). The molecule has 0 amide bonds. The largest absolute Gasteiger partial charge is 0.497 e. The minimum Gasteiger partial charge on any atom is -0.497 e. The van der Waals surface area contributed by atoms with E-state index in [-0.39, 0.29) is 5.78 Å². The van der Waals surface area contributed by atoms with Crippen molar-refractivity contribution in [1.29, 1.82) is 0 Å². The highest BCUT2D eigenvalue weighted by atomic mass is 16.5. The summed E-state index contributed by atoms with van der Waals surface area (Å²) in [6.07, 6.45) is 3.39. The first kappa shape index (κ1) is 20.7. The topological polar surface area (TPSA) is 74.2 Å². The van der Waals surface area contributed by atoms with Gasteiger partial charge in [0.05, 0.1) is 34.5 Å². The number of carbonyl (C=O) groups excluding carboxylic acids is 1. The summed E-state index contributed by atoms with van der Waals surface area (Å²) in [5, 5.41) is 10.6. The highest BCUT2D eigenvalue weighted by Crippen LogP contribution is 2.40. The summed E-state index contributed by atoms with van der Waals surface area (Å²) in [6, 6.07) is 8.70. The fourth-order valence-corrected chi connectivity index (χ4v) is 3.59. The summed E-state index contributed by atoms with van der Waals surface area (Å²) < 4.78 is 21.4. The van der Waals surface area contributed by atoms with Crippen molar-refractivity contribution >= 4 is 11.4 Å². The van der Waals surface area contributed by atoms with Crippen molar-refractivity contribution in [3.05, 3.63) is 53.1 Å².